The zero-order valence-corrected chi connectivity index (χ0v) is 17.3. The van der Waals surface area contributed by atoms with E-state index in [1.165, 1.54) is 28.3 Å². The van der Waals surface area contributed by atoms with Crippen LogP contribution >= 0.6 is 12.9 Å². The molecule has 0 spiro atoms. The van der Waals surface area contributed by atoms with E-state index >= 15 is 0 Å². The maximum absolute atomic E-state index is 12.2. The molecule has 0 radical (unpaired) electrons. The van der Waals surface area contributed by atoms with Gasteiger partial charge in [0.05, 0.1) is 0 Å². The second-order valence-electron chi connectivity index (χ2n) is 7.54. The molecule has 0 aliphatic heterocycles. The molecule has 4 heteroatoms. The molecule has 3 nitrogen and oxygen atoms in total. The first-order valence-corrected chi connectivity index (χ1v) is 10.3. The zero-order chi connectivity index (χ0) is 20.2. The number of ether oxygens (including phenoxy) is 1. The fourth-order valence-electron chi connectivity index (χ4n) is 3.93. The van der Waals surface area contributed by atoms with Gasteiger partial charge in [0.1, 0.15) is 11.5 Å². The van der Waals surface area contributed by atoms with Crippen molar-refractivity contribution < 1.29 is 13.7 Å². The van der Waals surface area contributed by atoms with E-state index in [-0.39, 0.29) is 5.97 Å². The Morgan fingerprint density at radius 2 is 1.83 bits per heavy atom. The average Bonchev–Trinajstić information content (AvgIpc) is 2.94. The van der Waals surface area contributed by atoms with Crippen molar-refractivity contribution in [3.8, 4) is 16.9 Å². The van der Waals surface area contributed by atoms with E-state index in [0.29, 0.717) is 5.92 Å². The minimum absolute atomic E-state index is 0.295. The second kappa shape index (κ2) is 8.75. The molecule has 0 fully saturated rings. The van der Waals surface area contributed by atoms with Crippen molar-refractivity contribution in [2.75, 3.05) is 0 Å². The lowest BCUT2D eigenvalue weighted by molar-refractivity contribution is -0.133. The van der Waals surface area contributed by atoms with Gasteiger partial charge in [0.15, 0.2) is 0 Å². The summed E-state index contributed by atoms with van der Waals surface area (Å²) in [6.07, 6.45) is 13.2. The molecular formula is C25H24O3S. The van der Waals surface area contributed by atoms with E-state index in [2.05, 4.69) is 50.2 Å². The Bertz CT molecular complexity index is 1020. The second-order valence-corrected chi connectivity index (χ2v) is 7.72. The largest absolute Gasteiger partial charge is 0.429 e. The highest BCUT2D eigenvalue weighted by Crippen LogP contribution is 2.36. The van der Waals surface area contributed by atoms with Crippen molar-refractivity contribution in [2.45, 2.75) is 32.6 Å². The Balaban J connectivity index is 1.47. The van der Waals surface area contributed by atoms with E-state index in [0.717, 1.165) is 42.8 Å². The highest BCUT2D eigenvalue weighted by atomic mass is 32.1. The van der Waals surface area contributed by atoms with Gasteiger partial charge in [0.25, 0.3) is 0 Å². The van der Waals surface area contributed by atoms with Crippen LogP contribution in [0.15, 0.2) is 66.5 Å². The number of thiol groups is 1. The molecule has 1 unspecified atom stereocenters. The molecule has 2 aliphatic rings. The van der Waals surface area contributed by atoms with Gasteiger partial charge in [-0.2, -0.15) is 0 Å². The van der Waals surface area contributed by atoms with Gasteiger partial charge in [-0.15, -0.1) is 0 Å². The molecule has 0 amide bonds. The summed E-state index contributed by atoms with van der Waals surface area (Å²) in [6.45, 7) is 2.09. The molecule has 1 atom stereocenters. The van der Waals surface area contributed by atoms with Gasteiger partial charge in [0.2, 0.25) is 0 Å². The Labute approximate surface area is 177 Å². The molecule has 2 aromatic rings. The van der Waals surface area contributed by atoms with Crippen LogP contribution in [0.5, 0.6) is 5.75 Å². The quantitative estimate of drug-likeness (QED) is 0.220. The third-order valence-corrected chi connectivity index (χ3v) is 5.57. The van der Waals surface area contributed by atoms with E-state index in [1.807, 2.05) is 30.4 Å². The number of fused-ring (bicyclic) bond motifs is 3. The summed E-state index contributed by atoms with van der Waals surface area (Å²) in [7, 11) is 0. The number of benzene rings is 2. The van der Waals surface area contributed by atoms with Crippen LogP contribution in [0.4, 0.5) is 0 Å². The van der Waals surface area contributed by atoms with E-state index in [1.54, 1.807) is 0 Å². The molecule has 0 heterocycles. The Morgan fingerprint density at radius 1 is 1.07 bits per heavy atom. The molecule has 2 aromatic carbocycles. The molecule has 0 aromatic heterocycles. The number of rotatable bonds is 4. The number of aryl methyl sites for hydroxylation is 2. The van der Waals surface area contributed by atoms with Gasteiger partial charge >= 0.3 is 5.97 Å². The number of hydrogen-bond donors (Lipinski definition) is 1. The Hall–Kier alpha value is -2.72. The molecule has 4 rings (SSSR count). The van der Waals surface area contributed by atoms with Crippen LogP contribution in [-0.2, 0) is 22.4 Å². The average molecular weight is 405 g/mol. The number of esters is 1. The summed E-state index contributed by atoms with van der Waals surface area (Å²) < 4.78 is 10.6. The van der Waals surface area contributed by atoms with Gasteiger partial charge in [-0.1, -0.05) is 43.3 Å². The molecule has 0 saturated carbocycles. The zero-order valence-electron chi connectivity index (χ0n) is 16.4. The van der Waals surface area contributed by atoms with Crippen molar-refractivity contribution in [3.63, 3.8) is 0 Å². The first-order valence-electron chi connectivity index (χ1n) is 9.97. The smallest absolute Gasteiger partial charge is 0.335 e. The van der Waals surface area contributed by atoms with E-state index in [9.17, 15) is 4.79 Å². The van der Waals surface area contributed by atoms with Gasteiger partial charge in [-0.05, 0) is 77.3 Å². The predicted octanol–water partition coefficient (Wildman–Crippen LogP) is 6.10. The third-order valence-electron chi connectivity index (χ3n) is 5.35. The maximum atomic E-state index is 12.2. The van der Waals surface area contributed by atoms with Crippen LogP contribution < -0.4 is 4.18 Å². The summed E-state index contributed by atoms with van der Waals surface area (Å²) in [6, 6.07) is 12.4. The fraction of sp³-hybridized carbons (Fsp3) is 0.240. The highest BCUT2D eigenvalue weighted by molar-refractivity contribution is 7.75. The van der Waals surface area contributed by atoms with Crippen molar-refractivity contribution in [1.29, 1.82) is 0 Å². The van der Waals surface area contributed by atoms with Gasteiger partial charge in [0, 0.05) is 25.4 Å². The first-order chi connectivity index (χ1) is 14.1. The lowest BCUT2D eigenvalue weighted by atomic mass is 9.84. The van der Waals surface area contributed by atoms with Gasteiger partial charge < -0.3 is 8.92 Å². The van der Waals surface area contributed by atoms with Crippen molar-refractivity contribution in [2.24, 2.45) is 5.92 Å². The lowest BCUT2D eigenvalue weighted by Gasteiger charge is -2.20. The Morgan fingerprint density at radius 3 is 2.62 bits per heavy atom. The normalized spacial score (nSPS) is 17.9. The minimum atomic E-state index is -0.326. The van der Waals surface area contributed by atoms with Crippen LogP contribution in [0.3, 0.4) is 0 Å². The predicted molar refractivity (Wildman–Crippen MR) is 120 cm³/mol. The van der Waals surface area contributed by atoms with Crippen molar-refractivity contribution >= 4 is 25.0 Å². The summed E-state index contributed by atoms with van der Waals surface area (Å²) >= 11 is 3.89. The standard InChI is InChI=1S/C25H24O3S/c1-17-4-2-3-5-21(14-17)27-25(26)13-7-18-6-11-23-19(15-18)8-9-20-16-22(28-29)10-12-24(20)23/h2,4,6-7,10-17,29H,3,5,8-9H2,1H3/b13-7+. The van der Waals surface area contributed by atoms with Crippen LogP contribution in [0, 0.1) is 5.92 Å². The number of carbonyl (C=O) groups is 1. The summed E-state index contributed by atoms with van der Waals surface area (Å²) in [5, 5.41) is 0. The number of carbonyl (C=O) groups excluding carboxylic acids is 1. The molecule has 29 heavy (non-hydrogen) atoms. The molecule has 0 bridgehead atoms. The SMILES string of the molecule is CC1C=CCCC(OC(=O)/C=C/c2ccc3c(c2)CCc2cc(OS)ccc2-3)=C1. The summed E-state index contributed by atoms with van der Waals surface area (Å²) in [4.78, 5) is 12.2. The maximum Gasteiger partial charge on any atom is 0.335 e. The molecule has 0 N–H and O–H groups in total. The molecule has 2 aliphatic carbocycles. The van der Waals surface area contributed by atoms with Crippen LogP contribution in [0.25, 0.3) is 17.2 Å². The van der Waals surface area contributed by atoms with Crippen molar-refractivity contribution in [3.05, 3.63) is 83.2 Å². The van der Waals surface area contributed by atoms with E-state index < -0.39 is 0 Å². The summed E-state index contributed by atoms with van der Waals surface area (Å²) in [5.74, 6) is 1.49. The van der Waals surface area contributed by atoms with Gasteiger partial charge in [-0.3, -0.25) is 0 Å². The van der Waals surface area contributed by atoms with Crippen LogP contribution in [-0.4, -0.2) is 5.97 Å². The Kier molecular flexibility index (Phi) is 5.91. The molecular weight excluding hydrogens is 380 g/mol. The first kappa shape index (κ1) is 19.6. The van der Waals surface area contributed by atoms with Crippen LogP contribution in [0.2, 0.25) is 0 Å². The highest BCUT2D eigenvalue weighted by Gasteiger charge is 2.17. The van der Waals surface area contributed by atoms with Crippen LogP contribution in [0.1, 0.15) is 36.5 Å². The van der Waals surface area contributed by atoms with Crippen molar-refractivity contribution in [1.82, 2.24) is 0 Å². The molecule has 0 saturated heterocycles. The number of allylic oxidation sites excluding steroid dienone is 4. The monoisotopic (exact) mass is 404 g/mol. The molecule has 148 valence electrons. The summed E-state index contributed by atoms with van der Waals surface area (Å²) in [5.41, 5.74) is 6.04. The third kappa shape index (κ3) is 4.65. The topological polar surface area (TPSA) is 35.5 Å². The minimum Gasteiger partial charge on any atom is -0.429 e. The van der Waals surface area contributed by atoms with Gasteiger partial charge in [-0.25, -0.2) is 4.79 Å². The van der Waals surface area contributed by atoms with E-state index in [4.69, 9.17) is 8.92 Å². The number of hydrogen-bond acceptors (Lipinski definition) is 4. The lowest BCUT2D eigenvalue weighted by Crippen LogP contribution is -2.04. The fourth-order valence-corrected chi connectivity index (χ4v) is 4.05.